The van der Waals surface area contributed by atoms with Crippen LogP contribution in [-0.4, -0.2) is 31.1 Å². The lowest BCUT2D eigenvalue weighted by atomic mass is 9.94. The lowest BCUT2D eigenvalue weighted by Gasteiger charge is -2.29. The van der Waals surface area contributed by atoms with Crippen molar-refractivity contribution in [2.45, 2.75) is 19.3 Å². The number of hydrogen-bond acceptors (Lipinski definition) is 3. The van der Waals surface area contributed by atoms with Crippen LogP contribution in [0.4, 0.5) is 0 Å². The zero-order valence-electron chi connectivity index (χ0n) is 7.50. The molecule has 0 aromatic heterocycles. The quantitative estimate of drug-likeness (QED) is 0.625. The molecule has 0 aromatic carbocycles. The Labute approximate surface area is 74.1 Å². The third kappa shape index (κ3) is 2.80. The van der Waals surface area contributed by atoms with E-state index in [-0.39, 0.29) is 0 Å². The molecule has 0 atom stereocenters. The van der Waals surface area contributed by atoms with E-state index in [4.69, 9.17) is 11.0 Å². The number of likely N-dealkylation sites (tertiary alicyclic amines) is 1. The molecular formula is C9H17N3. The van der Waals surface area contributed by atoms with Crippen molar-refractivity contribution >= 4 is 0 Å². The minimum atomic E-state index is 0.593. The van der Waals surface area contributed by atoms with E-state index in [2.05, 4.69) is 11.0 Å². The predicted octanol–water partition coefficient (Wildman–Crippen LogP) is 0.571. The zero-order chi connectivity index (χ0) is 8.81. The Balaban J connectivity index is 2.16. The fraction of sp³-hybridized carbons (Fsp3) is 0.889. The van der Waals surface area contributed by atoms with Crippen LogP contribution in [0, 0.1) is 17.2 Å². The lowest BCUT2D eigenvalue weighted by Crippen LogP contribution is -2.34. The van der Waals surface area contributed by atoms with Gasteiger partial charge in [-0.1, -0.05) is 0 Å². The van der Waals surface area contributed by atoms with Crippen LogP contribution >= 0.6 is 0 Å². The van der Waals surface area contributed by atoms with Gasteiger partial charge in [0.1, 0.15) is 0 Å². The van der Waals surface area contributed by atoms with E-state index in [0.29, 0.717) is 6.54 Å². The van der Waals surface area contributed by atoms with Gasteiger partial charge in [0.05, 0.1) is 12.6 Å². The second-order valence-corrected chi connectivity index (χ2v) is 3.45. The van der Waals surface area contributed by atoms with Crippen molar-refractivity contribution < 1.29 is 0 Å². The molecule has 0 radical (unpaired) electrons. The van der Waals surface area contributed by atoms with Crippen LogP contribution < -0.4 is 5.73 Å². The first kappa shape index (κ1) is 9.50. The van der Waals surface area contributed by atoms with Crippen LogP contribution in [-0.2, 0) is 0 Å². The van der Waals surface area contributed by atoms with Crippen LogP contribution in [0.3, 0.4) is 0 Å². The van der Waals surface area contributed by atoms with Crippen LogP contribution in [0.1, 0.15) is 19.3 Å². The molecule has 1 heterocycles. The first-order valence-corrected chi connectivity index (χ1v) is 4.66. The molecule has 0 saturated carbocycles. The molecule has 0 aromatic rings. The van der Waals surface area contributed by atoms with Crippen molar-refractivity contribution in [2.75, 3.05) is 26.2 Å². The van der Waals surface area contributed by atoms with Gasteiger partial charge in [-0.15, -0.1) is 0 Å². The van der Waals surface area contributed by atoms with Gasteiger partial charge >= 0.3 is 0 Å². The summed E-state index contributed by atoms with van der Waals surface area (Å²) in [4.78, 5) is 2.22. The molecule has 1 aliphatic rings. The van der Waals surface area contributed by atoms with Gasteiger partial charge in [-0.2, -0.15) is 5.26 Å². The molecule has 3 nitrogen and oxygen atoms in total. The summed E-state index contributed by atoms with van der Waals surface area (Å²) in [6, 6.07) is 2.19. The third-order valence-corrected chi connectivity index (χ3v) is 2.58. The van der Waals surface area contributed by atoms with Crippen molar-refractivity contribution in [2.24, 2.45) is 11.7 Å². The van der Waals surface area contributed by atoms with Crippen molar-refractivity contribution in [1.29, 1.82) is 5.26 Å². The molecule has 0 amide bonds. The molecule has 0 bridgehead atoms. The highest BCUT2D eigenvalue weighted by atomic mass is 15.1. The van der Waals surface area contributed by atoms with Gasteiger partial charge in [0.15, 0.2) is 0 Å². The summed E-state index contributed by atoms with van der Waals surface area (Å²) in [7, 11) is 0. The smallest absolute Gasteiger partial charge is 0.0865 e. The van der Waals surface area contributed by atoms with Gasteiger partial charge in [0.25, 0.3) is 0 Å². The Kier molecular flexibility index (Phi) is 4.06. The van der Waals surface area contributed by atoms with Crippen LogP contribution in [0.25, 0.3) is 0 Å². The average molecular weight is 167 g/mol. The lowest BCUT2D eigenvalue weighted by molar-refractivity contribution is 0.198. The van der Waals surface area contributed by atoms with Crippen LogP contribution in [0.5, 0.6) is 0 Å². The number of piperidine rings is 1. The van der Waals surface area contributed by atoms with E-state index in [1.807, 2.05) is 0 Å². The molecule has 1 saturated heterocycles. The SMILES string of the molecule is N#CCN1CCC(CCN)CC1. The Morgan fingerprint density at radius 1 is 1.42 bits per heavy atom. The Morgan fingerprint density at radius 3 is 2.58 bits per heavy atom. The average Bonchev–Trinajstić information content (AvgIpc) is 2.09. The van der Waals surface area contributed by atoms with Crippen LogP contribution in [0.15, 0.2) is 0 Å². The fourth-order valence-electron chi connectivity index (χ4n) is 1.77. The van der Waals surface area contributed by atoms with E-state index in [1.165, 1.54) is 12.8 Å². The standard InChI is InChI=1S/C9H17N3/c10-4-1-9-2-6-12(7-3-9)8-5-11/h9H,1-4,6-8,10H2. The highest BCUT2D eigenvalue weighted by molar-refractivity contribution is 4.80. The molecule has 1 aliphatic heterocycles. The summed E-state index contributed by atoms with van der Waals surface area (Å²) < 4.78 is 0. The van der Waals surface area contributed by atoms with Crippen molar-refractivity contribution in [3.05, 3.63) is 0 Å². The van der Waals surface area contributed by atoms with E-state index >= 15 is 0 Å². The number of nitrogens with two attached hydrogens (primary N) is 1. The molecule has 1 rings (SSSR count). The molecule has 12 heavy (non-hydrogen) atoms. The number of nitrogens with zero attached hydrogens (tertiary/aromatic N) is 2. The summed E-state index contributed by atoms with van der Waals surface area (Å²) in [5.41, 5.74) is 5.49. The van der Waals surface area contributed by atoms with Gasteiger partial charge < -0.3 is 5.73 Å². The molecule has 3 heteroatoms. The highest BCUT2D eigenvalue weighted by Crippen LogP contribution is 2.18. The fourth-order valence-corrected chi connectivity index (χ4v) is 1.77. The monoisotopic (exact) mass is 167 g/mol. The van der Waals surface area contributed by atoms with Gasteiger partial charge in [-0.25, -0.2) is 0 Å². The maximum absolute atomic E-state index is 8.48. The number of nitriles is 1. The summed E-state index contributed by atoms with van der Waals surface area (Å²) in [5.74, 6) is 0.810. The maximum Gasteiger partial charge on any atom is 0.0865 e. The molecule has 68 valence electrons. The van der Waals surface area contributed by atoms with E-state index in [0.717, 1.165) is 32.0 Å². The number of hydrogen-bond donors (Lipinski definition) is 1. The van der Waals surface area contributed by atoms with E-state index in [9.17, 15) is 0 Å². The molecule has 2 N–H and O–H groups in total. The molecule has 0 spiro atoms. The largest absolute Gasteiger partial charge is 0.330 e. The Hall–Kier alpha value is -0.590. The van der Waals surface area contributed by atoms with Gasteiger partial charge in [-0.05, 0) is 44.8 Å². The second kappa shape index (κ2) is 5.13. The Bertz CT molecular complexity index is 154. The normalized spacial score (nSPS) is 20.7. The van der Waals surface area contributed by atoms with E-state index < -0.39 is 0 Å². The topological polar surface area (TPSA) is 53.0 Å². The zero-order valence-corrected chi connectivity index (χ0v) is 7.50. The first-order valence-electron chi connectivity index (χ1n) is 4.66. The van der Waals surface area contributed by atoms with Crippen molar-refractivity contribution in [3.8, 4) is 6.07 Å². The predicted molar refractivity (Wildman–Crippen MR) is 48.4 cm³/mol. The first-order chi connectivity index (χ1) is 5.86. The van der Waals surface area contributed by atoms with E-state index in [1.54, 1.807) is 0 Å². The molecule has 1 fully saturated rings. The summed E-state index contributed by atoms with van der Waals surface area (Å²) in [6.45, 7) is 3.56. The van der Waals surface area contributed by atoms with Gasteiger partial charge in [-0.3, -0.25) is 4.90 Å². The van der Waals surface area contributed by atoms with Crippen molar-refractivity contribution in [3.63, 3.8) is 0 Å². The number of rotatable bonds is 3. The molecule has 0 unspecified atom stereocenters. The van der Waals surface area contributed by atoms with Crippen LogP contribution in [0.2, 0.25) is 0 Å². The summed E-state index contributed by atoms with van der Waals surface area (Å²) in [5, 5.41) is 8.48. The minimum Gasteiger partial charge on any atom is -0.330 e. The maximum atomic E-state index is 8.48. The third-order valence-electron chi connectivity index (χ3n) is 2.58. The molecular weight excluding hydrogens is 150 g/mol. The summed E-state index contributed by atoms with van der Waals surface area (Å²) >= 11 is 0. The Morgan fingerprint density at radius 2 is 2.08 bits per heavy atom. The minimum absolute atomic E-state index is 0.593. The van der Waals surface area contributed by atoms with Gasteiger partial charge in [0, 0.05) is 0 Å². The molecule has 0 aliphatic carbocycles. The van der Waals surface area contributed by atoms with Crippen molar-refractivity contribution in [1.82, 2.24) is 4.90 Å². The highest BCUT2D eigenvalue weighted by Gasteiger charge is 2.17. The second-order valence-electron chi connectivity index (χ2n) is 3.45. The summed E-state index contributed by atoms with van der Waals surface area (Å²) in [6.07, 6.45) is 3.60. The van der Waals surface area contributed by atoms with Gasteiger partial charge in [0.2, 0.25) is 0 Å².